The smallest absolute Gasteiger partial charge is 0.326 e. The number of amides is 1. The standard InChI is InChI=1S/C13H18F3N3O/c1-9(19(2)8-13(14,15)16)12(20)18-11-5-3-4-10(6-11)7-17/h3-6,9H,7-8,17H2,1-2H3,(H,18,20). The fourth-order valence-electron chi connectivity index (χ4n) is 1.64. The predicted octanol–water partition coefficient (Wildman–Crippen LogP) is 1.97. The number of likely N-dealkylation sites (N-methyl/N-ethyl adjacent to an activating group) is 1. The molecule has 1 atom stereocenters. The molecule has 3 N–H and O–H groups in total. The van der Waals surface area contributed by atoms with E-state index in [1.165, 1.54) is 14.0 Å². The Morgan fingerprint density at radius 1 is 1.45 bits per heavy atom. The lowest BCUT2D eigenvalue weighted by Gasteiger charge is -2.24. The topological polar surface area (TPSA) is 58.4 Å². The van der Waals surface area contributed by atoms with Crippen LogP contribution in [0, 0.1) is 0 Å². The van der Waals surface area contributed by atoms with Gasteiger partial charge in [0.05, 0.1) is 12.6 Å². The second kappa shape index (κ2) is 6.71. The van der Waals surface area contributed by atoms with Gasteiger partial charge in [0.2, 0.25) is 5.91 Å². The molecule has 112 valence electrons. The molecule has 1 aromatic rings. The molecule has 0 aliphatic carbocycles. The van der Waals surface area contributed by atoms with Crippen molar-refractivity contribution in [2.75, 3.05) is 18.9 Å². The van der Waals surface area contributed by atoms with Gasteiger partial charge in [-0.15, -0.1) is 0 Å². The summed E-state index contributed by atoms with van der Waals surface area (Å²) in [4.78, 5) is 12.8. The summed E-state index contributed by atoms with van der Waals surface area (Å²) in [5.41, 5.74) is 6.83. The number of alkyl halides is 3. The summed E-state index contributed by atoms with van der Waals surface area (Å²) in [5, 5.41) is 2.58. The molecule has 0 aliphatic heterocycles. The second-order valence-electron chi connectivity index (χ2n) is 4.60. The summed E-state index contributed by atoms with van der Waals surface area (Å²) in [5.74, 6) is -0.495. The Hall–Kier alpha value is -1.60. The molecule has 0 aromatic heterocycles. The van der Waals surface area contributed by atoms with Crippen molar-refractivity contribution in [2.24, 2.45) is 5.73 Å². The molecule has 0 aliphatic rings. The van der Waals surface area contributed by atoms with Crippen molar-refractivity contribution in [3.05, 3.63) is 29.8 Å². The van der Waals surface area contributed by atoms with Gasteiger partial charge in [-0.2, -0.15) is 13.2 Å². The number of hydrogen-bond donors (Lipinski definition) is 2. The lowest BCUT2D eigenvalue weighted by Crippen LogP contribution is -2.44. The lowest BCUT2D eigenvalue weighted by atomic mass is 10.2. The van der Waals surface area contributed by atoms with E-state index in [0.717, 1.165) is 10.5 Å². The maximum atomic E-state index is 12.3. The van der Waals surface area contributed by atoms with E-state index in [0.29, 0.717) is 12.2 Å². The van der Waals surface area contributed by atoms with Crippen molar-refractivity contribution in [1.29, 1.82) is 0 Å². The first-order chi connectivity index (χ1) is 9.23. The molecule has 0 radical (unpaired) electrons. The molecule has 0 heterocycles. The number of hydrogen-bond acceptors (Lipinski definition) is 3. The van der Waals surface area contributed by atoms with Crippen molar-refractivity contribution < 1.29 is 18.0 Å². The van der Waals surface area contributed by atoms with Gasteiger partial charge in [-0.05, 0) is 31.7 Å². The van der Waals surface area contributed by atoms with E-state index in [1.54, 1.807) is 24.3 Å². The van der Waals surface area contributed by atoms with Gasteiger partial charge in [-0.1, -0.05) is 12.1 Å². The van der Waals surface area contributed by atoms with Gasteiger partial charge < -0.3 is 11.1 Å². The summed E-state index contributed by atoms with van der Waals surface area (Å²) in [6.45, 7) is 0.617. The van der Waals surface area contributed by atoms with E-state index in [9.17, 15) is 18.0 Å². The largest absolute Gasteiger partial charge is 0.401 e. The molecule has 1 aromatic carbocycles. The summed E-state index contributed by atoms with van der Waals surface area (Å²) in [6.07, 6.45) is -4.33. The Kier molecular flexibility index (Phi) is 5.52. The van der Waals surface area contributed by atoms with E-state index in [2.05, 4.69) is 5.32 Å². The molecule has 0 fully saturated rings. The number of benzene rings is 1. The van der Waals surface area contributed by atoms with Crippen LogP contribution >= 0.6 is 0 Å². The average molecular weight is 289 g/mol. The minimum absolute atomic E-state index is 0.327. The number of nitrogens with zero attached hydrogens (tertiary/aromatic N) is 1. The summed E-state index contributed by atoms with van der Waals surface area (Å²) in [7, 11) is 1.26. The zero-order valence-corrected chi connectivity index (χ0v) is 11.4. The fourth-order valence-corrected chi connectivity index (χ4v) is 1.64. The summed E-state index contributed by atoms with van der Waals surface area (Å²) in [6, 6.07) is 5.98. The van der Waals surface area contributed by atoms with Crippen molar-refractivity contribution in [2.45, 2.75) is 25.7 Å². The van der Waals surface area contributed by atoms with E-state index >= 15 is 0 Å². The molecular formula is C13H18F3N3O. The van der Waals surface area contributed by atoms with Crippen molar-refractivity contribution in [3.8, 4) is 0 Å². The first-order valence-corrected chi connectivity index (χ1v) is 6.10. The predicted molar refractivity (Wildman–Crippen MR) is 71.1 cm³/mol. The van der Waals surface area contributed by atoms with E-state index in [1.807, 2.05) is 0 Å². The van der Waals surface area contributed by atoms with Crippen LogP contribution in [-0.4, -0.2) is 36.6 Å². The number of nitrogens with one attached hydrogen (secondary N) is 1. The lowest BCUT2D eigenvalue weighted by molar-refractivity contribution is -0.149. The first kappa shape index (κ1) is 16.5. The van der Waals surface area contributed by atoms with Crippen molar-refractivity contribution in [3.63, 3.8) is 0 Å². The van der Waals surface area contributed by atoms with Crippen LogP contribution in [0.25, 0.3) is 0 Å². The molecule has 0 saturated carbocycles. The van der Waals surface area contributed by atoms with Crippen LogP contribution in [-0.2, 0) is 11.3 Å². The molecule has 20 heavy (non-hydrogen) atoms. The minimum atomic E-state index is -4.33. The zero-order chi connectivity index (χ0) is 15.3. The monoisotopic (exact) mass is 289 g/mol. The normalized spacial score (nSPS) is 13.3. The van der Waals surface area contributed by atoms with Crippen molar-refractivity contribution >= 4 is 11.6 Å². The Balaban J connectivity index is 2.65. The fraction of sp³-hybridized carbons (Fsp3) is 0.462. The minimum Gasteiger partial charge on any atom is -0.326 e. The Bertz CT molecular complexity index is 462. The van der Waals surface area contributed by atoms with Crippen LogP contribution in [0.2, 0.25) is 0 Å². The van der Waals surface area contributed by atoms with Crippen LogP contribution in [0.3, 0.4) is 0 Å². The van der Waals surface area contributed by atoms with Gasteiger partial charge in [0, 0.05) is 12.2 Å². The highest BCUT2D eigenvalue weighted by Crippen LogP contribution is 2.17. The molecular weight excluding hydrogens is 271 g/mol. The molecule has 4 nitrogen and oxygen atoms in total. The SMILES string of the molecule is CC(C(=O)Nc1cccc(CN)c1)N(C)CC(F)(F)F. The highest BCUT2D eigenvalue weighted by atomic mass is 19.4. The van der Waals surface area contributed by atoms with E-state index < -0.39 is 24.7 Å². The molecule has 0 spiro atoms. The number of nitrogens with two attached hydrogens (primary N) is 1. The average Bonchev–Trinajstić information content (AvgIpc) is 2.36. The van der Waals surface area contributed by atoms with Crippen LogP contribution in [0.5, 0.6) is 0 Å². The van der Waals surface area contributed by atoms with Crippen LogP contribution in [0.4, 0.5) is 18.9 Å². The number of halogens is 3. The Morgan fingerprint density at radius 3 is 2.65 bits per heavy atom. The zero-order valence-electron chi connectivity index (χ0n) is 11.4. The van der Waals surface area contributed by atoms with Gasteiger partial charge in [0.25, 0.3) is 0 Å². The molecule has 1 rings (SSSR count). The maximum Gasteiger partial charge on any atom is 0.401 e. The van der Waals surface area contributed by atoms with Gasteiger partial charge in [-0.3, -0.25) is 9.69 Å². The van der Waals surface area contributed by atoms with Crippen molar-refractivity contribution in [1.82, 2.24) is 4.90 Å². The first-order valence-electron chi connectivity index (χ1n) is 6.10. The van der Waals surface area contributed by atoms with Gasteiger partial charge in [-0.25, -0.2) is 0 Å². The third-order valence-corrected chi connectivity index (χ3v) is 2.90. The van der Waals surface area contributed by atoms with Crippen LogP contribution < -0.4 is 11.1 Å². The molecule has 1 unspecified atom stereocenters. The van der Waals surface area contributed by atoms with E-state index in [-0.39, 0.29) is 0 Å². The van der Waals surface area contributed by atoms with Crippen LogP contribution in [0.1, 0.15) is 12.5 Å². The number of rotatable bonds is 5. The van der Waals surface area contributed by atoms with E-state index in [4.69, 9.17) is 5.73 Å². The van der Waals surface area contributed by atoms with Gasteiger partial charge in [0.1, 0.15) is 0 Å². The van der Waals surface area contributed by atoms with Gasteiger partial charge >= 0.3 is 6.18 Å². The second-order valence-corrected chi connectivity index (χ2v) is 4.60. The highest BCUT2D eigenvalue weighted by Gasteiger charge is 2.32. The Labute approximate surface area is 115 Å². The quantitative estimate of drug-likeness (QED) is 0.871. The maximum absolute atomic E-state index is 12.3. The molecule has 0 bridgehead atoms. The Morgan fingerprint density at radius 2 is 2.10 bits per heavy atom. The number of anilines is 1. The van der Waals surface area contributed by atoms with Crippen LogP contribution in [0.15, 0.2) is 24.3 Å². The molecule has 0 saturated heterocycles. The number of carbonyl (C=O) groups excluding carboxylic acids is 1. The molecule has 1 amide bonds. The summed E-state index contributed by atoms with van der Waals surface area (Å²) >= 11 is 0. The molecule has 7 heteroatoms. The van der Waals surface area contributed by atoms with Gasteiger partial charge in [0.15, 0.2) is 0 Å². The summed E-state index contributed by atoms with van der Waals surface area (Å²) < 4.78 is 36.8. The number of carbonyl (C=O) groups is 1. The highest BCUT2D eigenvalue weighted by molar-refractivity contribution is 5.94. The third kappa shape index (κ3) is 5.18. The third-order valence-electron chi connectivity index (χ3n) is 2.90.